The summed E-state index contributed by atoms with van der Waals surface area (Å²) in [4.78, 5) is 0. The third-order valence-corrected chi connectivity index (χ3v) is 2.17. The van der Waals surface area contributed by atoms with Crippen molar-refractivity contribution in [1.82, 2.24) is 0 Å². The molecule has 0 aromatic carbocycles. The molecule has 1 aliphatic rings. The van der Waals surface area contributed by atoms with E-state index >= 15 is 0 Å². The van der Waals surface area contributed by atoms with E-state index in [9.17, 15) is 0 Å². The Morgan fingerprint density at radius 2 is 1.57 bits per heavy atom. The van der Waals surface area contributed by atoms with Crippen LogP contribution in [-0.2, 0) is 9.47 Å². The van der Waals surface area contributed by atoms with Crippen molar-refractivity contribution in [2.24, 2.45) is 5.41 Å². The Morgan fingerprint density at radius 1 is 1.14 bits per heavy atom. The second kappa shape index (κ2) is 6.54. The Balaban J connectivity index is 0. The summed E-state index contributed by atoms with van der Waals surface area (Å²) in [7, 11) is 0. The van der Waals surface area contributed by atoms with Crippen LogP contribution in [-0.4, -0.2) is 42.1 Å². The Bertz CT molecular complexity index is 152. The van der Waals surface area contributed by atoms with E-state index in [2.05, 4.69) is 20.8 Å². The molecule has 4 heteroatoms. The second-order valence-electron chi connectivity index (χ2n) is 4.48. The summed E-state index contributed by atoms with van der Waals surface area (Å²) < 4.78 is 11.3. The van der Waals surface area contributed by atoms with Gasteiger partial charge in [-0.25, -0.2) is 0 Å². The number of hydrogen-bond acceptors (Lipinski definition) is 2. The maximum atomic E-state index is 5.66. The number of halogens is 1. The van der Waals surface area contributed by atoms with Crippen LogP contribution in [0.1, 0.15) is 33.6 Å². The summed E-state index contributed by atoms with van der Waals surface area (Å²) in [5.41, 5.74) is 0.167. The van der Waals surface area contributed by atoms with E-state index in [1.807, 2.05) is 6.92 Å². The average molecular weight is 231 g/mol. The van der Waals surface area contributed by atoms with Gasteiger partial charge in [-0.2, -0.15) is 6.42 Å². The number of ether oxygens (including phenoxy) is 2. The molecule has 1 aliphatic heterocycles. The first kappa shape index (κ1) is 17.4. The molecule has 2 nitrogen and oxygen atoms in total. The van der Waals surface area contributed by atoms with E-state index in [1.165, 1.54) is 0 Å². The zero-order valence-electron chi connectivity index (χ0n) is 9.44. The molecule has 0 saturated carbocycles. The molecular weight excluding hydrogens is 212 g/mol. The molecule has 0 spiro atoms. The Kier molecular flexibility index (Phi) is 8.11. The molecule has 1 rings (SSSR count). The molecule has 80 valence electrons. The molecular formula is C10H19ClMgO2. The van der Waals surface area contributed by atoms with Gasteiger partial charge in [0, 0.05) is 5.41 Å². The summed E-state index contributed by atoms with van der Waals surface area (Å²) >= 11 is 0. The maximum Gasteiger partial charge on any atom is 2.00 e. The molecule has 0 amide bonds. The van der Waals surface area contributed by atoms with Crippen molar-refractivity contribution >= 4 is 23.1 Å². The van der Waals surface area contributed by atoms with Crippen molar-refractivity contribution in [3.8, 4) is 0 Å². The van der Waals surface area contributed by atoms with Gasteiger partial charge in [-0.05, 0) is 13.3 Å². The molecule has 0 N–H and O–H groups in total. The molecule has 0 unspecified atom stereocenters. The van der Waals surface area contributed by atoms with E-state index < -0.39 is 0 Å². The van der Waals surface area contributed by atoms with Crippen molar-refractivity contribution in [3.63, 3.8) is 0 Å². The van der Waals surface area contributed by atoms with Crippen LogP contribution in [0.25, 0.3) is 0 Å². The van der Waals surface area contributed by atoms with Crippen molar-refractivity contribution in [1.29, 1.82) is 0 Å². The van der Waals surface area contributed by atoms with Gasteiger partial charge in [-0.3, -0.25) is 0 Å². The minimum atomic E-state index is -0.378. The smallest absolute Gasteiger partial charge is 1.00 e. The number of hydrogen-bond donors (Lipinski definition) is 0. The van der Waals surface area contributed by atoms with E-state index in [-0.39, 0.29) is 46.7 Å². The normalized spacial score (nSPS) is 23.1. The molecule has 0 aliphatic carbocycles. The maximum absolute atomic E-state index is 5.66. The summed E-state index contributed by atoms with van der Waals surface area (Å²) in [6, 6.07) is 0. The van der Waals surface area contributed by atoms with Crippen LogP contribution in [0.4, 0.5) is 0 Å². The van der Waals surface area contributed by atoms with Crippen molar-refractivity contribution in [3.05, 3.63) is 6.92 Å². The van der Waals surface area contributed by atoms with Crippen LogP contribution >= 0.6 is 0 Å². The van der Waals surface area contributed by atoms with Gasteiger partial charge in [-0.1, -0.05) is 13.8 Å². The largest absolute Gasteiger partial charge is 2.00 e. The summed E-state index contributed by atoms with van der Waals surface area (Å²) in [5.74, 6) is -0.378. The first-order chi connectivity index (χ1) is 5.47. The standard InChI is InChI=1S/C10H19O2.ClH.Mg/c1-5-6-10(4)11-7-9(2,3)8-12-10;;/h1,5-8H2,2-4H3;1H;/q-1;;+2/p-1. The van der Waals surface area contributed by atoms with Gasteiger partial charge >= 0.3 is 23.1 Å². The van der Waals surface area contributed by atoms with Gasteiger partial charge in [0.2, 0.25) is 0 Å². The Labute approximate surface area is 110 Å². The first-order valence-electron chi connectivity index (χ1n) is 4.55. The molecule has 1 heterocycles. The van der Waals surface area contributed by atoms with Crippen LogP contribution < -0.4 is 12.4 Å². The predicted octanol–water partition coefficient (Wildman–Crippen LogP) is -0.987. The van der Waals surface area contributed by atoms with Crippen LogP contribution in [0.2, 0.25) is 0 Å². The van der Waals surface area contributed by atoms with E-state index in [0.29, 0.717) is 0 Å². The van der Waals surface area contributed by atoms with Gasteiger partial charge < -0.3 is 28.8 Å². The molecule has 0 atom stereocenters. The fourth-order valence-corrected chi connectivity index (χ4v) is 1.24. The molecule has 1 saturated heterocycles. The summed E-state index contributed by atoms with van der Waals surface area (Å²) in [6.07, 6.45) is 1.74. The van der Waals surface area contributed by atoms with Gasteiger partial charge in [0.05, 0.1) is 13.2 Å². The van der Waals surface area contributed by atoms with Crippen molar-refractivity contribution < 1.29 is 21.9 Å². The zero-order chi connectivity index (χ0) is 9.24. The average Bonchev–Trinajstić information content (AvgIpc) is 1.98. The third-order valence-electron chi connectivity index (χ3n) is 2.17. The van der Waals surface area contributed by atoms with Gasteiger partial charge in [0.25, 0.3) is 0 Å². The fraction of sp³-hybridized carbons (Fsp3) is 0.900. The molecule has 1 fully saturated rings. The minimum Gasteiger partial charge on any atom is -1.00 e. The molecule has 14 heavy (non-hydrogen) atoms. The third kappa shape index (κ3) is 5.17. The van der Waals surface area contributed by atoms with Crippen molar-refractivity contribution in [2.75, 3.05) is 13.2 Å². The molecule has 0 aromatic rings. The minimum absolute atomic E-state index is 0. The van der Waals surface area contributed by atoms with Crippen LogP contribution in [0.3, 0.4) is 0 Å². The predicted molar refractivity (Wildman–Crippen MR) is 54.4 cm³/mol. The number of rotatable bonds is 2. The Morgan fingerprint density at radius 3 is 1.93 bits per heavy atom. The van der Waals surface area contributed by atoms with E-state index in [0.717, 1.165) is 26.1 Å². The van der Waals surface area contributed by atoms with E-state index in [4.69, 9.17) is 9.47 Å². The zero-order valence-corrected chi connectivity index (χ0v) is 11.6. The van der Waals surface area contributed by atoms with E-state index in [1.54, 1.807) is 0 Å². The monoisotopic (exact) mass is 230 g/mol. The van der Waals surface area contributed by atoms with Crippen LogP contribution in [0.5, 0.6) is 0 Å². The molecule has 0 aromatic heterocycles. The van der Waals surface area contributed by atoms with Gasteiger partial charge in [0.15, 0.2) is 5.79 Å². The molecule has 0 radical (unpaired) electrons. The first-order valence-corrected chi connectivity index (χ1v) is 4.55. The van der Waals surface area contributed by atoms with Gasteiger partial charge in [-0.15, -0.1) is 0 Å². The summed E-state index contributed by atoms with van der Waals surface area (Å²) in [6.45, 7) is 11.7. The van der Waals surface area contributed by atoms with Crippen LogP contribution in [0, 0.1) is 12.3 Å². The fourth-order valence-electron chi connectivity index (χ4n) is 1.24. The second-order valence-corrected chi connectivity index (χ2v) is 4.48. The quantitative estimate of drug-likeness (QED) is 0.449. The van der Waals surface area contributed by atoms with Gasteiger partial charge in [0.1, 0.15) is 0 Å². The summed E-state index contributed by atoms with van der Waals surface area (Å²) in [5, 5.41) is 0. The van der Waals surface area contributed by atoms with Crippen LogP contribution in [0.15, 0.2) is 0 Å². The molecule has 0 bridgehead atoms. The topological polar surface area (TPSA) is 18.5 Å². The van der Waals surface area contributed by atoms with Crippen molar-refractivity contribution in [2.45, 2.75) is 39.4 Å². The SMILES string of the molecule is [CH2-]CCC1(C)OCC(C)(C)CO1.[Cl-].[Mg+2]. The Hall–Kier alpha value is 0.976.